The van der Waals surface area contributed by atoms with Crippen molar-refractivity contribution < 1.29 is 9.53 Å². The van der Waals surface area contributed by atoms with Crippen LogP contribution in [-0.2, 0) is 18.3 Å². The highest BCUT2D eigenvalue weighted by atomic mass is 16.5. The van der Waals surface area contributed by atoms with E-state index >= 15 is 0 Å². The van der Waals surface area contributed by atoms with Gasteiger partial charge in [0, 0.05) is 39.1 Å². The highest BCUT2D eigenvalue weighted by molar-refractivity contribution is 5.91. The average Bonchev–Trinajstić information content (AvgIpc) is 3.13. The van der Waals surface area contributed by atoms with Gasteiger partial charge in [0.05, 0.1) is 13.5 Å². The van der Waals surface area contributed by atoms with Crippen LogP contribution in [0.15, 0.2) is 48.8 Å². The van der Waals surface area contributed by atoms with Crippen molar-refractivity contribution in [2.45, 2.75) is 12.5 Å². The molecular weight excluding hydrogens is 340 g/mol. The largest absolute Gasteiger partial charge is 0.497 e. The molecule has 0 aliphatic carbocycles. The van der Waals surface area contributed by atoms with Crippen molar-refractivity contribution >= 4 is 16.7 Å². The first-order chi connectivity index (χ1) is 13.2. The number of hydrogen-bond donors (Lipinski definition) is 1. The number of imidazole rings is 1. The van der Waals surface area contributed by atoms with E-state index < -0.39 is 0 Å². The van der Waals surface area contributed by atoms with Crippen molar-refractivity contribution in [3.05, 3.63) is 60.2 Å². The van der Waals surface area contributed by atoms with Gasteiger partial charge in [-0.05, 0) is 28.5 Å². The van der Waals surface area contributed by atoms with E-state index in [4.69, 9.17) is 4.74 Å². The molecule has 1 N–H and O–H groups in total. The van der Waals surface area contributed by atoms with Crippen LogP contribution in [-0.4, -0.2) is 47.1 Å². The smallest absolute Gasteiger partial charge is 0.227 e. The van der Waals surface area contributed by atoms with Gasteiger partial charge in [0.2, 0.25) is 5.91 Å². The third-order valence-electron chi connectivity index (χ3n) is 5.24. The predicted molar refractivity (Wildman–Crippen MR) is 105 cm³/mol. The predicted octanol–water partition coefficient (Wildman–Crippen LogP) is 2.30. The lowest BCUT2D eigenvalue weighted by Gasteiger charge is -2.36. The van der Waals surface area contributed by atoms with E-state index in [1.54, 1.807) is 13.3 Å². The molecule has 1 aliphatic heterocycles. The first kappa shape index (κ1) is 17.5. The molecule has 0 saturated carbocycles. The van der Waals surface area contributed by atoms with Crippen LogP contribution in [0.3, 0.4) is 0 Å². The topological polar surface area (TPSA) is 59.4 Å². The number of nitrogens with one attached hydrogen (secondary N) is 1. The number of methoxy groups -OCH3 is 1. The van der Waals surface area contributed by atoms with Crippen LogP contribution in [0.2, 0.25) is 0 Å². The van der Waals surface area contributed by atoms with Gasteiger partial charge >= 0.3 is 0 Å². The Morgan fingerprint density at radius 3 is 3.00 bits per heavy atom. The highest BCUT2D eigenvalue weighted by Crippen LogP contribution is 2.26. The quantitative estimate of drug-likeness (QED) is 0.772. The second-order valence-electron chi connectivity index (χ2n) is 6.88. The van der Waals surface area contributed by atoms with Crippen molar-refractivity contribution in [3.8, 4) is 5.75 Å². The molecular formula is C21H24N4O2. The number of hydrogen-bond acceptors (Lipinski definition) is 4. The van der Waals surface area contributed by atoms with Crippen molar-refractivity contribution in [2.24, 2.45) is 7.05 Å². The Kier molecular flexibility index (Phi) is 4.81. The number of carbonyl (C=O) groups excluding carboxylic acids is 1. The van der Waals surface area contributed by atoms with Gasteiger partial charge in [-0.1, -0.05) is 24.3 Å². The zero-order valence-electron chi connectivity index (χ0n) is 15.7. The minimum absolute atomic E-state index is 0.0456. The number of carbonyl (C=O) groups is 1. The minimum atomic E-state index is -0.0456. The molecule has 4 rings (SSSR count). The molecule has 1 amide bonds. The summed E-state index contributed by atoms with van der Waals surface area (Å²) in [5.41, 5.74) is 1.02. The molecule has 1 fully saturated rings. The maximum atomic E-state index is 13.2. The Bertz CT molecular complexity index is 966. The molecule has 1 aromatic heterocycles. The number of aromatic nitrogens is 2. The number of piperazine rings is 1. The van der Waals surface area contributed by atoms with Gasteiger partial charge in [0.15, 0.2) is 0 Å². The van der Waals surface area contributed by atoms with Gasteiger partial charge in [0.1, 0.15) is 17.6 Å². The van der Waals surface area contributed by atoms with E-state index in [9.17, 15) is 4.79 Å². The van der Waals surface area contributed by atoms with Gasteiger partial charge in [-0.2, -0.15) is 0 Å². The Morgan fingerprint density at radius 2 is 2.22 bits per heavy atom. The summed E-state index contributed by atoms with van der Waals surface area (Å²) >= 11 is 0. The lowest BCUT2D eigenvalue weighted by molar-refractivity contribution is -0.134. The minimum Gasteiger partial charge on any atom is -0.497 e. The number of ether oxygens (including phenoxy) is 1. The Hall–Kier alpha value is -2.86. The molecule has 1 saturated heterocycles. The molecule has 0 bridgehead atoms. The number of nitrogens with zero attached hydrogens (tertiary/aromatic N) is 3. The summed E-state index contributed by atoms with van der Waals surface area (Å²) in [4.78, 5) is 19.6. The normalized spacial score (nSPS) is 17.3. The molecule has 6 nitrogen and oxygen atoms in total. The standard InChI is InChI=1S/C21H24N4O2/c1-24-10-9-23-21(24)19-14-22-8-11-25(19)20(26)12-16-5-3-4-15-6-7-17(27-2)13-18(15)16/h3-7,9-10,13,19,22H,8,11-12,14H2,1-2H3. The third kappa shape index (κ3) is 3.40. The lowest BCUT2D eigenvalue weighted by atomic mass is 10.0. The van der Waals surface area contributed by atoms with Crippen LogP contribution in [0.4, 0.5) is 0 Å². The summed E-state index contributed by atoms with van der Waals surface area (Å²) in [5, 5.41) is 5.56. The number of aryl methyl sites for hydroxylation is 1. The van der Waals surface area contributed by atoms with E-state index in [0.29, 0.717) is 13.0 Å². The van der Waals surface area contributed by atoms with E-state index in [0.717, 1.165) is 41.0 Å². The van der Waals surface area contributed by atoms with Crippen molar-refractivity contribution in [1.29, 1.82) is 0 Å². The van der Waals surface area contributed by atoms with E-state index in [1.807, 2.05) is 53.0 Å². The fraction of sp³-hybridized carbons (Fsp3) is 0.333. The van der Waals surface area contributed by atoms with Gasteiger partial charge in [-0.3, -0.25) is 4.79 Å². The molecule has 1 atom stereocenters. The molecule has 0 spiro atoms. The maximum Gasteiger partial charge on any atom is 0.227 e. The number of amides is 1. The Labute approximate surface area is 158 Å². The summed E-state index contributed by atoms with van der Waals surface area (Å²) < 4.78 is 7.35. The maximum absolute atomic E-state index is 13.2. The van der Waals surface area contributed by atoms with Crippen LogP contribution in [0.1, 0.15) is 17.4 Å². The summed E-state index contributed by atoms with van der Waals surface area (Å²) in [6.45, 7) is 2.21. The lowest BCUT2D eigenvalue weighted by Crippen LogP contribution is -2.49. The van der Waals surface area contributed by atoms with Crippen molar-refractivity contribution in [2.75, 3.05) is 26.7 Å². The van der Waals surface area contributed by atoms with Crippen LogP contribution in [0.5, 0.6) is 5.75 Å². The molecule has 3 aromatic rings. The fourth-order valence-corrected chi connectivity index (χ4v) is 3.79. The second-order valence-corrected chi connectivity index (χ2v) is 6.88. The highest BCUT2D eigenvalue weighted by Gasteiger charge is 2.30. The average molecular weight is 364 g/mol. The Balaban J connectivity index is 1.63. The van der Waals surface area contributed by atoms with E-state index in [1.165, 1.54) is 0 Å². The number of rotatable bonds is 4. The number of benzene rings is 2. The van der Waals surface area contributed by atoms with Crippen molar-refractivity contribution in [3.63, 3.8) is 0 Å². The second kappa shape index (κ2) is 7.40. The summed E-state index contributed by atoms with van der Waals surface area (Å²) in [6.07, 6.45) is 4.07. The van der Waals surface area contributed by atoms with Crippen LogP contribution >= 0.6 is 0 Å². The number of fused-ring (bicyclic) bond motifs is 1. The van der Waals surface area contributed by atoms with Gasteiger partial charge in [0.25, 0.3) is 0 Å². The van der Waals surface area contributed by atoms with Crippen LogP contribution < -0.4 is 10.1 Å². The van der Waals surface area contributed by atoms with Gasteiger partial charge in [-0.15, -0.1) is 0 Å². The molecule has 1 unspecified atom stereocenters. The fourth-order valence-electron chi connectivity index (χ4n) is 3.79. The van der Waals surface area contributed by atoms with Crippen LogP contribution in [0, 0.1) is 0 Å². The zero-order valence-corrected chi connectivity index (χ0v) is 15.7. The summed E-state index contributed by atoms with van der Waals surface area (Å²) in [6, 6.07) is 12.0. The van der Waals surface area contributed by atoms with Gasteiger partial charge in [-0.25, -0.2) is 4.98 Å². The van der Waals surface area contributed by atoms with Gasteiger partial charge < -0.3 is 19.5 Å². The molecule has 27 heavy (non-hydrogen) atoms. The molecule has 2 aromatic carbocycles. The molecule has 1 aliphatic rings. The first-order valence-corrected chi connectivity index (χ1v) is 9.20. The van der Waals surface area contributed by atoms with E-state index in [2.05, 4.69) is 16.4 Å². The first-order valence-electron chi connectivity index (χ1n) is 9.20. The SMILES string of the molecule is COc1ccc2cccc(CC(=O)N3CCNCC3c3nccn3C)c2c1. The van der Waals surface area contributed by atoms with Crippen LogP contribution in [0.25, 0.3) is 10.8 Å². The van der Waals surface area contributed by atoms with Crippen molar-refractivity contribution in [1.82, 2.24) is 19.8 Å². The molecule has 6 heteroatoms. The zero-order chi connectivity index (χ0) is 18.8. The molecule has 140 valence electrons. The molecule has 0 radical (unpaired) electrons. The Morgan fingerprint density at radius 1 is 1.33 bits per heavy atom. The summed E-state index contributed by atoms with van der Waals surface area (Å²) in [7, 11) is 3.63. The summed E-state index contributed by atoms with van der Waals surface area (Å²) in [5.74, 6) is 1.84. The molecule has 2 heterocycles. The monoisotopic (exact) mass is 364 g/mol. The van der Waals surface area contributed by atoms with E-state index in [-0.39, 0.29) is 11.9 Å². The third-order valence-corrected chi connectivity index (χ3v) is 5.24.